The minimum absolute atomic E-state index is 0.00543. The van der Waals surface area contributed by atoms with Crippen LogP contribution in [-0.2, 0) is 16.1 Å². The Morgan fingerprint density at radius 1 is 1.44 bits per heavy atom. The molecule has 1 aliphatic carbocycles. The van der Waals surface area contributed by atoms with E-state index >= 15 is 0 Å². The summed E-state index contributed by atoms with van der Waals surface area (Å²) in [7, 11) is 0. The number of rotatable bonds is 4. The van der Waals surface area contributed by atoms with E-state index in [4.69, 9.17) is 0 Å². The molecule has 0 bridgehead atoms. The highest BCUT2D eigenvalue weighted by atomic mass is 16.3. The number of aryl methyl sites for hydroxylation is 2. The van der Waals surface area contributed by atoms with Gasteiger partial charge in [0.25, 0.3) is 0 Å². The van der Waals surface area contributed by atoms with Crippen LogP contribution in [0.5, 0.6) is 0 Å². The van der Waals surface area contributed by atoms with Crippen molar-refractivity contribution >= 4 is 11.8 Å². The highest BCUT2D eigenvalue weighted by molar-refractivity contribution is 5.78. The number of nitrogens with zero attached hydrogens (tertiary/aromatic N) is 3. The van der Waals surface area contributed by atoms with E-state index in [1.54, 1.807) is 4.68 Å². The van der Waals surface area contributed by atoms with Gasteiger partial charge in [-0.25, -0.2) is 0 Å². The largest absolute Gasteiger partial charge is 0.389 e. The van der Waals surface area contributed by atoms with Crippen LogP contribution in [0.4, 0.5) is 0 Å². The van der Waals surface area contributed by atoms with Gasteiger partial charge in [-0.05, 0) is 39.2 Å². The molecule has 2 fully saturated rings. The Kier molecular flexibility index (Phi) is 5.39. The number of hydrogen-bond donors (Lipinski definition) is 3. The van der Waals surface area contributed by atoms with Gasteiger partial charge in [0.1, 0.15) is 6.54 Å². The van der Waals surface area contributed by atoms with Crippen LogP contribution in [0, 0.1) is 13.8 Å². The second-order valence-corrected chi connectivity index (χ2v) is 7.07. The predicted octanol–water partition coefficient (Wildman–Crippen LogP) is -0.670. The lowest BCUT2D eigenvalue weighted by Gasteiger charge is -2.42. The van der Waals surface area contributed by atoms with Gasteiger partial charge >= 0.3 is 0 Å². The number of aromatic nitrogens is 2. The van der Waals surface area contributed by atoms with Gasteiger partial charge in [0.2, 0.25) is 11.8 Å². The summed E-state index contributed by atoms with van der Waals surface area (Å²) < 4.78 is 1.67. The first-order valence-corrected chi connectivity index (χ1v) is 8.93. The first-order chi connectivity index (χ1) is 11.9. The van der Waals surface area contributed by atoms with Gasteiger partial charge in [-0.3, -0.25) is 19.2 Å². The molecule has 2 heterocycles. The zero-order valence-corrected chi connectivity index (χ0v) is 14.9. The molecule has 1 aromatic heterocycles. The number of amides is 2. The fraction of sp³-hybridized carbons (Fsp3) is 0.706. The van der Waals surface area contributed by atoms with Crippen molar-refractivity contribution in [1.82, 2.24) is 25.3 Å². The Morgan fingerprint density at radius 2 is 2.24 bits per heavy atom. The Hall–Kier alpha value is -1.93. The van der Waals surface area contributed by atoms with E-state index in [-0.39, 0.29) is 30.4 Å². The lowest BCUT2D eigenvalue weighted by molar-refractivity contribution is -0.129. The number of carbonyl (C=O) groups is 2. The molecule has 2 aliphatic rings. The lowest BCUT2D eigenvalue weighted by Crippen LogP contribution is -2.61. The van der Waals surface area contributed by atoms with E-state index in [0.717, 1.165) is 37.2 Å². The standard InChI is InChI=1S/C17H27N5O3/c1-11-8-12(2)22(20-11)10-16(24)19-13-4-3-5-14(17(13)25)21-7-6-18-15(23)9-21/h8,13-14,17,25H,3-7,9-10H2,1-2H3,(H,18,23)(H,19,24)/t13-,14-,17-/m1/s1. The quantitative estimate of drug-likeness (QED) is 0.670. The summed E-state index contributed by atoms with van der Waals surface area (Å²) in [5.74, 6) is -0.151. The maximum atomic E-state index is 12.4. The molecule has 0 spiro atoms. The third-order valence-corrected chi connectivity index (χ3v) is 5.10. The molecule has 1 aromatic rings. The van der Waals surface area contributed by atoms with E-state index in [1.807, 2.05) is 24.8 Å². The maximum Gasteiger partial charge on any atom is 0.242 e. The van der Waals surface area contributed by atoms with Gasteiger partial charge in [-0.15, -0.1) is 0 Å². The van der Waals surface area contributed by atoms with E-state index in [0.29, 0.717) is 13.1 Å². The second-order valence-electron chi connectivity index (χ2n) is 7.07. The Bertz CT molecular complexity index is 644. The summed E-state index contributed by atoms with van der Waals surface area (Å²) in [4.78, 5) is 26.0. The molecule has 8 nitrogen and oxygen atoms in total. The third kappa shape index (κ3) is 4.19. The number of piperazine rings is 1. The number of aliphatic hydroxyl groups is 1. The molecule has 0 aromatic carbocycles. The fourth-order valence-corrected chi connectivity index (χ4v) is 3.88. The van der Waals surface area contributed by atoms with Crippen molar-refractivity contribution in [2.45, 2.75) is 57.8 Å². The van der Waals surface area contributed by atoms with Crippen molar-refractivity contribution in [3.05, 3.63) is 17.5 Å². The predicted molar refractivity (Wildman–Crippen MR) is 91.9 cm³/mol. The first-order valence-electron chi connectivity index (χ1n) is 8.93. The Morgan fingerprint density at radius 3 is 2.92 bits per heavy atom. The van der Waals surface area contributed by atoms with Crippen LogP contribution in [0.25, 0.3) is 0 Å². The average Bonchev–Trinajstić information content (AvgIpc) is 2.86. The van der Waals surface area contributed by atoms with Crippen LogP contribution in [0.15, 0.2) is 6.07 Å². The van der Waals surface area contributed by atoms with Crippen LogP contribution in [0.1, 0.15) is 30.7 Å². The molecule has 3 atom stereocenters. The Balaban J connectivity index is 1.59. The monoisotopic (exact) mass is 349 g/mol. The molecule has 2 amide bonds. The molecule has 3 rings (SSSR count). The average molecular weight is 349 g/mol. The van der Waals surface area contributed by atoms with Gasteiger partial charge < -0.3 is 15.7 Å². The molecule has 8 heteroatoms. The number of hydrogen-bond acceptors (Lipinski definition) is 5. The zero-order chi connectivity index (χ0) is 18.0. The van der Waals surface area contributed by atoms with Gasteiger partial charge in [0.15, 0.2) is 0 Å². The van der Waals surface area contributed by atoms with Crippen molar-refractivity contribution in [2.75, 3.05) is 19.6 Å². The molecule has 1 aliphatic heterocycles. The van der Waals surface area contributed by atoms with Gasteiger partial charge in [0, 0.05) is 24.8 Å². The first kappa shape index (κ1) is 17.9. The smallest absolute Gasteiger partial charge is 0.242 e. The van der Waals surface area contributed by atoms with Gasteiger partial charge in [-0.2, -0.15) is 5.10 Å². The molecule has 0 unspecified atom stereocenters. The van der Waals surface area contributed by atoms with Crippen molar-refractivity contribution in [3.63, 3.8) is 0 Å². The van der Waals surface area contributed by atoms with Crippen LogP contribution >= 0.6 is 0 Å². The fourth-order valence-electron chi connectivity index (χ4n) is 3.88. The summed E-state index contributed by atoms with van der Waals surface area (Å²) in [6.07, 6.45) is 1.85. The molecule has 25 heavy (non-hydrogen) atoms. The maximum absolute atomic E-state index is 12.4. The molecule has 1 saturated heterocycles. The molecule has 0 radical (unpaired) electrons. The SMILES string of the molecule is Cc1cc(C)n(CC(=O)N[C@@H]2CCC[C@@H](N3CCNC(=O)C3)[C@@H]2O)n1. The van der Waals surface area contributed by atoms with Crippen molar-refractivity contribution in [1.29, 1.82) is 0 Å². The highest BCUT2D eigenvalue weighted by Gasteiger charge is 2.37. The second kappa shape index (κ2) is 7.53. The third-order valence-electron chi connectivity index (χ3n) is 5.10. The topological polar surface area (TPSA) is 99.5 Å². The lowest BCUT2D eigenvalue weighted by atomic mass is 9.86. The minimum atomic E-state index is -0.663. The van der Waals surface area contributed by atoms with Gasteiger partial charge in [-0.1, -0.05) is 0 Å². The van der Waals surface area contributed by atoms with E-state index in [9.17, 15) is 14.7 Å². The van der Waals surface area contributed by atoms with Crippen LogP contribution in [0.2, 0.25) is 0 Å². The summed E-state index contributed by atoms with van der Waals surface area (Å²) >= 11 is 0. The van der Waals surface area contributed by atoms with Crippen molar-refractivity contribution in [3.8, 4) is 0 Å². The molecular weight excluding hydrogens is 322 g/mol. The number of carbonyl (C=O) groups excluding carboxylic acids is 2. The summed E-state index contributed by atoms with van der Waals surface area (Å²) in [5.41, 5.74) is 1.82. The molecule has 3 N–H and O–H groups in total. The van der Waals surface area contributed by atoms with E-state index in [1.165, 1.54) is 0 Å². The number of aliphatic hydroxyl groups excluding tert-OH is 1. The van der Waals surface area contributed by atoms with Gasteiger partial charge in [0.05, 0.1) is 24.4 Å². The molecular formula is C17H27N5O3. The van der Waals surface area contributed by atoms with E-state index < -0.39 is 6.10 Å². The summed E-state index contributed by atoms with van der Waals surface area (Å²) in [6, 6.07) is 1.56. The van der Waals surface area contributed by atoms with Crippen LogP contribution < -0.4 is 10.6 Å². The zero-order valence-electron chi connectivity index (χ0n) is 14.9. The minimum Gasteiger partial charge on any atom is -0.389 e. The van der Waals surface area contributed by atoms with E-state index in [2.05, 4.69) is 15.7 Å². The summed E-state index contributed by atoms with van der Waals surface area (Å²) in [5, 5.41) is 20.8. The molecule has 138 valence electrons. The van der Waals surface area contributed by atoms with Crippen molar-refractivity contribution in [2.24, 2.45) is 0 Å². The van der Waals surface area contributed by atoms with Crippen LogP contribution in [-0.4, -0.2) is 69.4 Å². The normalized spacial score (nSPS) is 27.8. The molecule has 1 saturated carbocycles. The summed E-state index contributed by atoms with van der Waals surface area (Å²) in [6.45, 7) is 5.62. The number of nitrogens with one attached hydrogen (secondary N) is 2. The van der Waals surface area contributed by atoms with Crippen LogP contribution in [0.3, 0.4) is 0 Å². The highest BCUT2D eigenvalue weighted by Crippen LogP contribution is 2.24. The Labute approximate surface area is 147 Å². The van der Waals surface area contributed by atoms with Crippen molar-refractivity contribution < 1.29 is 14.7 Å².